The van der Waals surface area contributed by atoms with Gasteiger partial charge in [-0.05, 0) is 36.4 Å². The van der Waals surface area contributed by atoms with Crippen LogP contribution in [0.15, 0.2) is 6.07 Å². The Morgan fingerprint density at radius 3 is 2.61 bits per heavy atom. The molecule has 0 radical (unpaired) electrons. The average Bonchev–Trinajstić information content (AvgIpc) is 2.21. The summed E-state index contributed by atoms with van der Waals surface area (Å²) in [7, 11) is 0. The standard InChI is InChI=1S/C10H9F3INO3/c1-3-17-9(16)8-7(14)6(4-5(2)15-8)18-10(11,12)13/h4H,3H2,1-2H3. The molecule has 0 aliphatic rings. The number of alkyl halides is 3. The molecule has 0 N–H and O–H groups in total. The topological polar surface area (TPSA) is 48.4 Å². The molecule has 0 bridgehead atoms. The number of rotatable bonds is 3. The van der Waals surface area contributed by atoms with Gasteiger partial charge < -0.3 is 9.47 Å². The number of halogens is 4. The lowest BCUT2D eigenvalue weighted by Crippen LogP contribution is -2.19. The second-order valence-corrected chi connectivity index (χ2v) is 4.27. The van der Waals surface area contributed by atoms with Crippen LogP contribution in [0.1, 0.15) is 23.1 Å². The van der Waals surface area contributed by atoms with Crippen molar-refractivity contribution in [3.63, 3.8) is 0 Å². The summed E-state index contributed by atoms with van der Waals surface area (Å²) in [6.07, 6.45) is -4.82. The highest BCUT2D eigenvalue weighted by molar-refractivity contribution is 14.1. The quantitative estimate of drug-likeness (QED) is 0.602. The predicted octanol–water partition coefficient (Wildman–Crippen LogP) is 3.07. The number of esters is 1. The van der Waals surface area contributed by atoms with E-state index < -0.39 is 18.1 Å². The Balaban J connectivity index is 3.18. The Morgan fingerprint density at radius 1 is 1.50 bits per heavy atom. The fourth-order valence-corrected chi connectivity index (χ4v) is 1.77. The van der Waals surface area contributed by atoms with E-state index >= 15 is 0 Å². The highest BCUT2D eigenvalue weighted by Gasteiger charge is 2.33. The largest absolute Gasteiger partial charge is 0.573 e. The van der Waals surface area contributed by atoms with Crippen LogP contribution in [0.2, 0.25) is 0 Å². The number of hydrogen-bond donors (Lipinski definition) is 0. The van der Waals surface area contributed by atoms with Crippen molar-refractivity contribution in [2.24, 2.45) is 0 Å². The molecule has 1 heterocycles. The van der Waals surface area contributed by atoms with Crippen molar-refractivity contribution in [3.05, 3.63) is 21.0 Å². The summed E-state index contributed by atoms with van der Waals surface area (Å²) < 4.78 is 45.0. The molecular weight excluding hydrogens is 366 g/mol. The van der Waals surface area contributed by atoms with Gasteiger partial charge in [0.05, 0.1) is 10.2 Å². The van der Waals surface area contributed by atoms with Gasteiger partial charge in [0.1, 0.15) is 5.75 Å². The Labute approximate surface area is 115 Å². The van der Waals surface area contributed by atoms with Gasteiger partial charge in [0, 0.05) is 11.8 Å². The lowest BCUT2D eigenvalue weighted by atomic mass is 10.3. The molecule has 0 spiro atoms. The predicted molar refractivity (Wildman–Crippen MR) is 64.3 cm³/mol. The summed E-state index contributed by atoms with van der Waals surface area (Å²) in [4.78, 5) is 15.4. The van der Waals surface area contributed by atoms with Crippen LogP contribution in [0.5, 0.6) is 5.75 Å². The smallest absolute Gasteiger partial charge is 0.461 e. The number of pyridine rings is 1. The van der Waals surface area contributed by atoms with Gasteiger partial charge in [0.2, 0.25) is 0 Å². The van der Waals surface area contributed by atoms with Crippen LogP contribution in [0.4, 0.5) is 13.2 Å². The Bertz CT molecular complexity index is 462. The van der Waals surface area contributed by atoms with E-state index in [1.54, 1.807) is 29.5 Å². The Kier molecular flexibility index (Phi) is 4.77. The van der Waals surface area contributed by atoms with E-state index in [-0.39, 0.29) is 21.6 Å². The lowest BCUT2D eigenvalue weighted by Gasteiger charge is -2.13. The van der Waals surface area contributed by atoms with Gasteiger partial charge in [-0.3, -0.25) is 0 Å². The third-order valence-electron chi connectivity index (χ3n) is 1.75. The maximum atomic E-state index is 12.2. The molecule has 8 heteroatoms. The maximum Gasteiger partial charge on any atom is 0.573 e. The van der Waals surface area contributed by atoms with Crippen molar-refractivity contribution in [3.8, 4) is 5.75 Å². The molecule has 0 saturated heterocycles. The first-order valence-electron chi connectivity index (χ1n) is 4.84. The molecule has 0 saturated carbocycles. The van der Waals surface area contributed by atoms with Crippen LogP contribution in [0.25, 0.3) is 0 Å². The second-order valence-electron chi connectivity index (χ2n) is 3.19. The van der Waals surface area contributed by atoms with Gasteiger partial charge in [-0.25, -0.2) is 9.78 Å². The summed E-state index contributed by atoms with van der Waals surface area (Å²) >= 11 is 1.56. The monoisotopic (exact) mass is 375 g/mol. The Hall–Kier alpha value is -1.06. The fraction of sp³-hybridized carbons (Fsp3) is 0.400. The molecule has 1 aromatic heterocycles. The molecule has 1 rings (SSSR count). The number of nitrogens with zero attached hydrogens (tertiary/aromatic N) is 1. The van der Waals surface area contributed by atoms with E-state index in [9.17, 15) is 18.0 Å². The van der Waals surface area contributed by atoms with Gasteiger partial charge in [-0.2, -0.15) is 0 Å². The van der Waals surface area contributed by atoms with E-state index in [0.717, 1.165) is 6.07 Å². The van der Waals surface area contributed by atoms with Crippen LogP contribution in [-0.2, 0) is 4.74 Å². The van der Waals surface area contributed by atoms with Crippen molar-refractivity contribution in [2.75, 3.05) is 6.61 Å². The minimum absolute atomic E-state index is 0.0334. The molecule has 0 aliphatic heterocycles. The van der Waals surface area contributed by atoms with E-state index in [1.807, 2.05) is 0 Å². The number of ether oxygens (including phenoxy) is 2. The summed E-state index contributed by atoms with van der Waals surface area (Å²) in [6, 6.07) is 1.11. The van der Waals surface area contributed by atoms with E-state index in [0.29, 0.717) is 0 Å². The number of aromatic nitrogens is 1. The summed E-state index contributed by atoms with van der Waals surface area (Å²) in [5.74, 6) is -1.24. The van der Waals surface area contributed by atoms with Gasteiger partial charge in [-0.1, -0.05) is 0 Å². The van der Waals surface area contributed by atoms with Gasteiger partial charge in [0.25, 0.3) is 0 Å². The van der Waals surface area contributed by atoms with Crippen molar-refractivity contribution in [1.29, 1.82) is 0 Å². The van der Waals surface area contributed by atoms with E-state index in [1.165, 1.54) is 6.92 Å². The minimum Gasteiger partial charge on any atom is -0.461 e. The van der Waals surface area contributed by atoms with Crippen molar-refractivity contribution in [2.45, 2.75) is 20.2 Å². The van der Waals surface area contributed by atoms with Gasteiger partial charge >= 0.3 is 12.3 Å². The van der Waals surface area contributed by atoms with Crippen molar-refractivity contribution in [1.82, 2.24) is 4.98 Å². The SMILES string of the molecule is CCOC(=O)c1nc(C)cc(OC(F)(F)F)c1I. The fourth-order valence-electron chi connectivity index (χ4n) is 1.16. The normalized spacial score (nSPS) is 11.2. The average molecular weight is 375 g/mol. The minimum atomic E-state index is -4.82. The third-order valence-corrected chi connectivity index (χ3v) is 2.79. The van der Waals surface area contributed by atoms with Crippen LogP contribution in [-0.4, -0.2) is 23.9 Å². The van der Waals surface area contributed by atoms with Crippen LogP contribution in [0, 0.1) is 10.5 Å². The molecule has 0 aliphatic carbocycles. The Morgan fingerprint density at radius 2 is 2.11 bits per heavy atom. The first-order chi connectivity index (χ1) is 8.24. The van der Waals surface area contributed by atoms with Gasteiger partial charge in [-0.15, -0.1) is 13.2 Å². The maximum absolute atomic E-state index is 12.2. The number of aryl methyl sites for hydroxylation is 1. The highest BCUT2D eigenvalue weighted by atomic mass is 127. The molecule has 0 atom stereocenters. The number of carbonyl (C=O) groups is 1. The summed E-state index contributed by atoms with van der Waals surface area (Å²) in [5, 5.41) is 0. The molecule has 100 valence electrons. The van der Waals surface area contributed by atoms with Crippen LogP contribution in [0.3, 0.4) is 0 Å². The molecule has 0 fully saturated rings. The molecule has 4 nitrogen and oxygen atoms in total. The lowest BCUT2D eigenvalue weighted by molar-refractivity contribution is -0.275. The first kappa shape index (κ1) is 15.0. The summed E-state index contributed by atoms with van der Waals surface area (Å²) in [6.45, 7) is 3.16. The summed E-state index contributed by atoms with van der Waals surface area (Å²) in [5.41, 5.74) is 0.0504. The molecule has 1 aromatic rings. The molecule has 0 amide bonds. The second kappa shape index (κ2) is 5.72. The van der Waals surface area contributed by atoms with Crippen LogP contribution >= 0.6 is 22.6 Å². The molecular formula is C10H9F3INO3. The highest BCUT2D eigenvalue weighted by Crippen LogP contribution is 2.30. The molecule has 0 unspecified atom stereocenters. The zero-order chi connectivity index (χ0) is 13.9. The van der Waals surface area contributed by atoms with E-state index in [4.69, 9.17) is 4.74 Å². The zero-order valence-electron chi connectivity index (χ0n) is 9.47. The van der Waals surface area contributed by atoms with Crippen molar-refractivity contribution < 1.29 is 27.4 Å². The number of hydrogen-bond acceptors (Lipinski definition) is 4. The third kappa shape index (κ3) is 4.00. The number of carbonyl (C=O) groups excluding carboxylic acids is 1. The van der Waals surface area contributed by atoms with E-state index in [2.05, 4.69) is 9.72 Å². The van der Waals surface area contributed by atoms with Crippen LogP contribution < -0.4 is 4.74 Å². The van der Waals surface area contributed by atoms with Crippen molar-refractivity contribution >= 4 is 28.6 Å². The first-order valence-corrected chi connectivity index (χ1v) is 5.92. The molecule has 18 heavy (non-hydrogen) atoms. The van der Waals surface area contributed by atoms with Gasteiger partial charge in [0.15, 0.2) is 5.69 Å². The molecule has 0 aromatic carbocycles. The zero-order valence-corrected chi connectivity index (χ0v) is 11.6.